The van der Waals surface area contributed by atoms with Gasteiger partial charge in [0.2, 0.25) is 0 Å². The molecule has 1 aliphatic heterocycles. The molecule has 0 bridgehead atoms. The van der Waals surface area contributed by atoms with Crippen LogP contribution in [0.25, 0.3) is 44.3 Å². The van der Waals surface area contributed by atoms with Crippen molar-refractivity contribution in [3.63, 3.8) is 0 Å². The molecule has 1 unspecified atom stereocenters. The molecule has 7 nitrogen and oxygen atoms in total. The van der Waals surface area contributed by atoms with E-state index >= 15 is 0 Å². The molecule has 1 fully saturated rings. The number of thiophene rings is 1. The third-order valence-electron chi connectivity index (χ3n) is 12.2. The Morgan fingerprint density at radius 2 is 1.49 bits per heavy atom. The Morgan fingerprint density at radius 3 is 2.31 bits per heavy atom. The second kappa shape index (κ2) is 16.5. The number of anilines is 1. The molecule has 59 heavy (non-hydrogen) atoms. The first kappa shape index (κ1) is 37.5. The van der Waals surface area contributed by atoms with E-state index in [0.717, 1.165) is 60.1 Å². The van der Waals surface area contributed by atoms with Gasteiger partial charge >= 0.3 is 6.09 Å². The van der Waals surface area contributed by atoms with Crippen molar-refractivity contribution >= 4 is 40.7 Å². The van der Waals surface area contributed by atoms with Crippen LogP contribution in [0, 0.1) is 0 Å². The van der Waals surface area contributed by atoms with Gasteiger partial charge in [0.15, 0.2) is 6.29 Å². The van der Waals surface area contributed by atoms with E-state index in [9.17, 15) is 9.59 Å². The summed E-state index contributed by atoms with van der Waals surface area (Å²) in [6.45, 7) is 0.898. The van der Waals surface area contributed by atoms with E-state index in [0.29, 0.717) is 18.7 Å². The monoisotopic (exact) mass is 798 g/mol. The molecule has 0 spiro atoms. The van der Waals surface area contributed by atoms with Crippen LogP contribution >= 0.6 is 11.3 Å². The fourth-order valence-corrected chi connectivity index (χ4v) is 10.3. The zero-order valence-corrected chi connectivity index (χ0v) is 33.8. The molecule has 6 aromatic rings. The summed E-state index contributed by atoms with van der Waals surface area (Å²) in [6.07, 6.45) is 8.21. The Hall–Kier alpha value is -5.80. The van der Waals surface area contributed by atoms with Gasteiger partial charge in [0.05, 0.1) is 5.69 Å². The van der Waals surface area contributed by atoms with Crippen molar-refractivity contribution in [1.29, 1.82) is 0 Å². The predicted molar refractivity (Wildman–Crippen MR) is 235 cm³/mol. The smallest absolute Gasteiger partial charge is 0.407 e. The summed E-state index contributed by atoms with van der Waals surface area (Å²) >= 11 is 1.78. The molecule has 2 amide bonds. The van der Waals surface area contributed by atoms with Gasteiger partial charge in [-0.15, -0.1) is 11.3 Å². The van der Waals surface area contributed by atoms with E-state index in [1.54, 1.807) is 11.3 Å². The highest BCUT2D eigenvalue weighted by atomic mass is 32.1. The van der Waals surface area contributed by atoms with Gasteiger partial charge in [-0.05, 0) is 130 Å². The summed E-state index contributed by atoms with van der Waals surface area (Å²) in [4.78, 5) is 35.5. The quantitative estimate of drug-likeness (QED) is 0.140. The van der Waals surface area contributed by atoms with Crippen molar-refractivity contribution in [3.8, 4) is 32.7 Å². The van der Waals surface area contributed by atoms with Crippen molar-refractivity contribution in [2.45, 2.75) is 63.6 Å². The molecule has 1 atom stereocenters. The SMILES string of the molecule is O=C(NCCC(=O)N(OC1CCCCO1)c1cccc(-c2ccc(C3=Cc4ccc5c(c4CC3)CCc3ccccc3-5)s2)c1)OCC1c2ccccc2-c2ccccc21. The van der Waals surface area contributed by atoms with Gasteiger partial charge < -0.3 is 14.8 Å². The van der Waals surface area contributed by atoms with Crippen LogP contribution in [0.4, 0.5) is 10.5 Å². The number of ether oxygens (including phenoxy) is 2. The summed E-state index contributed by atoms with van der Waals surface area (Å²) in [5.41, 5.74) is 16.2. The van der Waals surface area contributed by atoms with Crippen LogP contribution in [0.3, 0.4) is 0 Å². The van der Waals surface area contributed by atoms with E-state index in [1.807, 2.05) is 42.5 Å². The highest BCUT2D eigenvalue weighted by Gasteiger charge is 2.30. The minimum atomic E-state index is -0.556. The largest absolute Gasteiger partial charge is 0.449 e. The molecule has 296 valence electrons. The predicted octanol–water partition coefficient (Wildman–Crippen LogP) is 11.4. The van der Waals surface area contributed by atoms with Crippen LogP contribution in [0.5, 0.6) is 0 Å². The fourth-order valence-electron chi connectivity index (χ4n) is 9.30. The molecule has 3 aliphatic carbocycles. The Balaban J connectivity index is 0.816. The lowest BCUT2D eigenvalue weighted by molar-refractivity contribution is -0.177. The van der Waals surface area contributed by atoms with Gasteiger partial charge in [0.1, 0.15) is 6.61 Å². The molecular weight excluding hydrogens is 753 g/mol. The maximum atomic E-state index is 13.9. The Morgan fingerprint density at radius 1 is 0.729 bits per heavy atom. The van der Waals surface area contributed by atoms with Crippen molar-refractivity contribution in [3.05, 3.63) is 160 Å². The normalized spacial score (nSPS) is 16.5. The molecule has 2 heterocycles. The molecule has 0 radical (unpaired) electrons. The molecule has 10 rings (SSSR count). The first-order valence-corrected chi connectivity index (χ1v) is 21.7. The number of carbonyl (C=O) groups is 2. The summed E-state index contributed by atoms with van der Waals surface area (Å²) in [6, 6.07) is 42.3. The molecule has 4 aliphatic rings. The summed E-state index contributed by atoms with van der Waals surface area (Å²) in [5, 5.41) is 4.15. The lowest BCUT2D eigenvalue weighted by atomic mass is 9.78. The number of nitrogens with zero attached hydrogens (tertiary/aromatic N) is 1. The Labute approximate surface area is 349 Å². The number of allylic oxidation sites excluding steroid dienone is 1. The van der Waals surface area contributed by atoms with E-state index in [2.05, 4.69) is 90.3 Å². The number of nitrogens with one attached hydrogen (secondary N) is 1. The number of hydroxylamine groups is 1. The first-order chi connectivity index (χ1) is 29.1. The van der Waals surface area contributed by atoms with Gasteiger partial charge in [-0.25, -0.2) is 9.63 Å². The number of hydrogen-bond donors (Lipinski definition) is 1. The fraction of sp³-hybridized carbons (Fsp3) is 0.255. The van der Waals surface area contributed by atoms with Gasteiger partial charge in [0.25, 0.3) is 5.91 Å². The first-order valence-electron chi connectivity index (χ1n) is 20.9. The summed E-state index contributed by atoms with van der Waals surface area (Å²) in [5.74, 6) is -0.319. The summed E-state index contributed by atoms with van der Waals surface area (Å²) < 4.78 is 11.6. The zero-order chi connectivity index (χ0) is 39.7. The van der Waals surface area contributed by atoms with Crippen molar-refractivity contribution < 1.29 is 23.9 Å². The second-order valence-electron chi connectivity index (χ2n) is 15.8. The molecule has 5 aromatic carbocycles. The molecule has 0 saturated carbocycles. The highest BCUT2D eigenvalue weighted by Crippen LogP contribution is 2.45. The van der Waals surface area contributed by atoms with Gasteiger partial charge in [-0.3, -0.25) is 4.79 Å². The second-order valence-corrected chi connectivity index (χ2v) is 16.9. The van der Waals surface area contributed by atoms with Crippen LogP contribution in [-0.4, -0.2) is 38.0 Å². The van der Waals surface area contributed by atoms with E-state index < -0.39 is 12.4 Å². The third-order valence-corrected chi connectivity index (χ3v) is 13.4. The minimum absolute atomic E-state index is 0.0235. The van der Waals surface area contributed by atoms with E-state index in [4.69, 9.17) is 14.3 Å². The van der Waals surface area contributed by atoms with Crippen molar-refractivity contribution in [2.75, 3.05) is 24.8 Å². The van der Waals surface area contributed by atoms with Gasteiger partial charge in [-0.1, -0.05) is 103 Å². The third kappa shape index (κ3) is 7.53. The standard InChI is InChI=1S/C51H46N2O5S/c54-49(27-28-52-51(55)57-32-46-42-16-5-3-14-40(42)41-15-4-6-17-43(41)46)53(58-50-18-7-8-29-56-50)37-12-9-11-35(31-37)47-25-26-48(59-47)36-21-22-39-34(30-36)20-24-44-38-13-2-1-10-33(38)19-23-45(39)44/h1-6,9-17,20,24-26,30-31,46,50H,7-8,18-19,21-23,27-29,32H2,(H,52,55). The lowest BCUT2D eigenvalue weighted by Gasteiger charge is -2.29. The average molecular weight is 799 g/mol. The van der Waals surface area contributed by atoms with Crippen molar-refractivity contribution in [2.24, 2.45) is 0 Å². The number of rotatable bonds is 10. The number of benzene rings is 5. The van der Waals surface area contributed by atoms with Crippen LogP contribution < -0.4 is 10.4 Å². The molecule has 1 N–H and O–H groups in total. The Kier molecular flexibility index (Phi) is 10.4. The average Bonchev–Trinajstić information content (AvgIpc) is 3.91. The summed E-state index contributed by atoms with van der Waals surface area (Å²) in [7, 11) is 0. The molecule has 1 aromatic heterocycles. The molecule has 1 saturated heterocycles. The molecule has 8 heteroatoms. The molecular formula is C51H46N2O5S. The van der Waals surface area contributed by atoms with Crippen LogP contribution in [-0.2, 0) is 38.4 Å². The zero-order valence-electron chi connectivity index (χ0n) is 33.0. The number of aryl methyl sites for hydroxylation is 1. The van der Waals surface area contributed by atoms with Gasteiger partial charge in [0, 0.05) is 41.7 Å². The highest BCUT2D eigenvalue weighted by molar-refractivity contribution is 7.16. The maximum Gasteiger partial charge on any atom is 0.407 e. The maximum absolute atomic E-state index is 13.9. The number of hydrogen-bond acceptors (Lipinski definition) is 6. The minimum Gasteiger partial charge on any atom is -0.449 e. The van der Waals surface area contributed by atoms with E-state index in [-0.39, 0.29) is 31.4 Å². The van der Waals surface area contributed by atoms with Gasteiger partial charge in [-0.2, -0.15) is 5.06 Å². The topological polar surface area (TPSA) is 77.1 Å². The van der Waals surface area contributed by atoms with Crippen LogP contribution in [0.1, 0.15) is 76.3 Å². The van der Waals surface area contributed by atoms with Crippen molar-refractivity contribution in [1.82, 2.24) is 5.32 Å². The lowest BCUT2D eigenvalue weighted by Crippen LogP contribution is -2.39. The number of carbonyl (C=O) groups excluding carboxylic acids is 2. The number of amides is 2. The Bertz CT molecular complexity index is 2540. The van der Waals surface area contributed by atoms with E-state index in [1.165, 1.54) is 60.0 Å². The number of alkyl carbamates (subject to hydrolysis) is 1. The number of fused-ring (bicyclic) bond motifs is 8. The van der Waals surface area contributed by atoms with Crippen LogP contribution in [0.2, 0.25) is 0 Å². The van der Waals surface area contributed by atoms with Crippen LogP contribution in [0.15, 0.2) is 121 Å².